The number of anilines is 1. The van der Waals surface area contributed by atoms with Crippen molar-refractivity contribution in [2.75, 3.05) is 11.4 Å². The van der Waals surface area contributed by atoms with E-state index in [0.717, 1.165) is 18.7 Å². The van der Waals surface area contributed by atoms with Gasteiger partial charge in [-0.15, -0.1) is 0 Å². The van der Waals surface area contributed by atoms with Crippen molar-refractivity contribution in [2.45, 2.75) is 6.42 Å². The average molecular weight is 303 g/mol. The van der Waals surface area contributed by atoms with Crippen LogP contribution in [0.4, 0.5) is 5.69 Å². The van der Waals surface area contributed by atoms with Gasteiger partial charge in [-0.05, 0) is 46.1 Å². The molecule has 0 spiro atoms. The number of nitrogens with zero attached hydrogens (tertiary/aromatic N) is 2. The van der Waals surface area contributed by atoms with Crippen LogP contribution in [0, 0.1) is 0 Å². The molecular formula is C14H11BrN2O. The molecular weight excluding hydrogens is 292 g/mol. The molecule has 1 aromatic carbocycles. The van der Waals surface area contributed by atoms with Crippen LogP contribution in [0.15, 0.2) is 47.1 Å². The average Bonchev–Trinajstić information content (AvgIpc) is 2.82. The van der Waals surface area contributed by atoms with Crippen LogP contribution in [0.5, 0.6) is 0 Å². The zero-order chi connectivity index (χ0) is 12.5. The van der Waals surface area contributed by atoms with Gasteiger partial charge in [-0.1, -0.05) is 24.3 Å². The van der Waals surface area contributed by atoms with Crippen molar-refractivity contribution in [3.05, 3.63) is 58.3 Å². The Bertz CT molecular complexity index is 612. The van der Waals surface area contributed by atoms with Gasteiger partial charge in [0.05, 0.1) is 0 Å². The molecule has 1 amide bonds. The molecule has 1 aromatic heterocycles. The number of para-hydroxylation sites is 1. The van der Waals surface area contributed by atoms with Gasteiger partial charge in [0.2, 0.25) is 0 Å². The summed E-state index contributed by atoms with van der Waals surface area (Å²) in [5.41, 5.74) is 2.70. The number of benzene rings is 1. The highest BCUT2D eigenvalue weighted by molar-refractivity contribution is 9.10. The van der Waals surface area contributed by atoms with E-state index in [2.05, 4.69) is 27.0 Å². The number of rotatable bonds is 1. The predicted octanol–water partition coefficient (Wildman–Crippen LogP) is 3.05. The number of hydrogen-bond acceptors (Lipinski definition) is 2. The van der Waals surface area contributed by atoms with Crippen LogP contribution < -0.4 is 4.90 Å². The Morgan fingerprint density at radius 2 is 2.00 bits per heavy atom. The lowest BCUT2D eigenvalue weighted by Gasteiger charge is -2.16. The fraction of sp³-hybridized carbons (Fsp3) is 0.143. The number of pyridine rings is 1. The van der Waals surface area contributed by atoms with Gasteiger partial charge in [0.1, 0.15) is 10.3 Å². The monoisotopic (exact) mass is 302 g/mol. The van der Waals surface area contributed by atoms with E-state index >= 15 is 0 Å². The Morgan fingerprint density at radius 3 is 2.83 bits per heavy atom. The molecule has 0 unspecified atom stereocenters. The van der Waals surface area contributed by atoms with Crippen molar-refractivity contribution >= 4 is 27.5 Å². The smallest absolute Gasteiger partial charge is 0.276 e. The summed E-state index contributed by atoms with van der Waals surface area (Å²) in [6, 6.07) is 13.4. The Labute approximate surface area is 114 Å². The first-order valence-electron chi connectivity index (χ1n) is 5.78. The molecule has 1 aliphatic rings. The molecule has 3 nitrogen and oxygen atoms in total. The minimum atomic E-state index is -0.0405. The first kappa shape index (κ1) is 11.4. The molecule has 2 heterocycles. The second-order valence-corrected chi connectivity index (χ2v) is 4.99. The SMILES string of the molecule is O=C(c1cccc(Br)n1)N1CCc2ccccc21. The van der Waals surface area contributed by atoms with Crippen LogP contribution in [0.25, 0.3) is 0 Å². The maximum atomic E-state index is 12.4. The van der Waals surface area contributed by atoms with E-state index in [1.165, 1.54) is 5.56 Å². The van der Waals surface area contributed by atoms with Gasteiger partial charge in [-0.3, -0.25) is 4.79 Å². The summed E-state index contributed by atoms with van der Waals surface area (Å²) < 4.78 is 0.681. The van der Waals surface area contributed by atoms with E-state index in [-0.39, 0.29) is 5.91 Å². The van der Waals surface area contributed by atoms with Crippen LogP contribution in [-0.2, 0) is 6.42 Å². The fourth-order valence-electron chi connectivity index (χ4n) is 2.21. The number of halogens is 1. The highest BCUT2D eigenvalue weighted by Gasteiger charge is 2.25. The maximum absolute atomic E-state index is 12.4. The Kier molecular flexibility index (Phi) is 2.88. The molecule has 0 N–H and O–H groups in total. The third kappa shape index (κ3) is 1.93. The second kappa shape index (κ2) is 4.53. The van der Waals surface area contributed by atoms with Crippen LogP contribution in [0.3, 0.4) is 0 Å². The topological polar surface area (TPSA) is 33.2 Å². The minimum Gasteiger partial charge on any atom is -0.306 e. The summed E-state index contributed by atoms with van der Waals surface area (Å²) >= 11 is 3.29. The Balaban J connectivity index is 1.96. The molecule has 2 aromatic rings. The summed E-state index contributed by atoms with van der Waals surface area (Å²) in [5.74, 6) is -0.0405. The van der Waals surface area contributed by atoms with Gasteiger partial charge in [0.25, 0.3) is 5.91 Å². The van der Waals surface area contributed by atoms with E-state index in [9.17, 15) is 4.79 Å². The van der Waals surface area contributed by atoms with Crippen LogP contribution in [0.1, 0.15) is 16.1 Å². The predicted molar refractivity (Wildman–Crippen MR) is 73.8 cm³/mol. The highest BCUT2D eigenvalue weighted by atomic mass is 79.9. The fourth-order valence-corrected chi connectivity index (χ4v) is 2.56. The quantitative estimate of drug-likeness (QED) is 0.759. The summed E-state index contributed by atoms with van der Waals surface area (Å²) in [6.07, 6.45) is 0.913. The van der Waals surface area contributed by atoms with Gasteiger partial charge < -0.3 is 4.90 Å². The third-order valence-corrected chi connectivity index (χ3v) is 3.51. The van der Waals surface area contributed by atoms with Crippen molar-refractivity contribution in [2.24, 2.45) is 0 Å². The first-order valence-corrected chi connectivity index (χ1v) is 6.57. The van der Waals surface area contributed by atoms with Gasteiger partial charge in [-0.2, -0.15) is 0 Å². The highest BCUT2D eigenvalue weighted by Crippen LogP contribution is 2.28. The zero-order valence-corrected chi connectivity index (χ0v) is 11.2. The lowest BCUT2D eigenvalue weighted by Crippen LogP contribution is -2.29. The van der Waals surface area contributed by atoms with Gasteiger partial charge in [0, 0.05) is 12.2 Å². The van der Waals surface area contributed by atoms with Crippen LogP contribution >= 0.6 is 15.9 Å². The van der Waals surface area contributed by atoms with Crippen molar-refractivity contribution in [1.82, 2.24) is 4.98 Å². The van der Waals surface area contributed by atoms with Gasteiger partial charge >= 0.3 is 0 Å². The molecule has 3 rings (SSSR count). The van der Waals surface area contributed by atoms with Crippen LogP contribution in [0.2, 0.25) is 0 Å². The van der Waals surface area contributed by atoms with Gasteiger partial charge in [0.15, 0.2) is 0 Å². The van der Waals surface area contributed by atoms with E-state index in [4.69, 9.17) is 0 Å². The number of hydrogen-bond donors (Lipinski definition) is 0. The van der Waals surface area contributed by atoms with E-state index in [1.807, 2.05) is 30.3 Å². The number of fused-ring (bicyclic) bond motifs is 1. The zero-order valence-electron chi connectivity index (χ0n) is 9.64. The van der Waals surface area contributed by atoms with Gasteiger partial charge in [-0.25, -0.2) is 4.98 Å². The van der Waals surface area contributed by atoms with Crippen molar-refractivity contribution in [3.8, 4) is 0 Å². The van der Waals surface area contributed by atoms with E-state index < -0.39 is 0 Å². The largest absolute Gasteiger partial charge is 0.306 e. The molecule has 0 aliphatic carbocycles. The molecule has 90 valence electrons. The van der Waals surface area contributed by atoms with Crippen molar-refractivity contribution in [1.29, 1.82) is 0 Å². The molecule has 18 heavy (non-hydrogen) atoms. The van der Waals surface area contributed by atoms with E-state index in [0.29, 0.717) is 10.3 Å². The summed E-state index contributed by atoms with van der Waals surface area (Å²) in [6.45, 7) is 0.729. The molecule has 1 aliphatic heterocycles. The normalized spacial score (nSPS) is 13.5. The lowest BCUT2D eigenvalue weighted by molar-refractivity contribution is 0.0984. The van der Waals surface area contributed by atoms with Crippen molar-refractivity contribution < 1.29 is 4.79 Å². The van der Waals surface area contributed by atoms with E-state index in [1.54, 1.807) is 11.0 Å². The number of carbonyl (C=O) groups is 1. The molecule has 0 saturated heterocycles. The summed E-state index contributed by atoms with van der Waals surface area (Å²) in [5, 5.41) is 0. The first-order chi connectivity index (χ1) is 8.75. The lowest BCUT2D eigenvalue weighted by atomic mass is 10.2. The number of carbonyl (C=O) groups excluding carboxylic acids is 1. The number of aromatic nitrogens is 1. The second-order valence-electron chi connectivity index (χ2n) is 4.18. The Morgan fingerprint density at radius 1 is 1.17 bits per heavy atom. The summed E-state index contributed by atoms with van der Waals surface area (Å²) in [4.78, 5) is 18.4. The standard InChI is InChI=1S/C14H11BrN2O/c15-13-7-3-5-11(16-13)14(18)17-9-8-10-4-1-2-6-12(10)17/h1-7H,8-9H2. The van der Waals surface area contributed by atoms with Crippen molar-refractivity contribution in [3.63, 3.8) is 0 Å². The van der Waals surface area contributed by atoms with Crippen LogP contribution in [-0.4, -0.2) is 17.4 Å². The maximum Gasteiger partial charge on any atom is 0.276 e. The molecule has 0 bridgehead atoms. The summed E-state index contributed by atoms with van der Waals surface area (Å²) in [7, 11) is 0. The number of amides is 1. The molecule has 0 saturated carbocycles. The minimum absolute atomic E-state index is 0.0405. The Hall–Kier alpha value is -1.68. The molecule has 0 radical (unpaired) electrons. The molecule has 0 fully saturated rings. The molecule has 4 heteroatoms. The third-order valence-electron chi connectivity index (χ3n) is 3.07. The molecule has 0 atom stereocenters.